The molecule has 0 saturated carbocycles. The summed E-state index contributed by atoms with van der Waals surface area (Å²) in [7, 11) is 1.99. The van der Waals surface area contributed by atoms with Crippen molar-refractivity contribution in [1.29, 1.82) is 0 Å². The number of likely N-dealkylation sites (N-methyl/N-ethyl adjacent to an activating group) is 1. The standard InChI is InChI=1S/C18H25NO/c1-14(2)10-11-20-13-18(19-3)17-9-8-15-6-4-5-7-16(15)12-17/h4-9,12,14,18-19H,10-11,13H2,1-3H3. The Bertz CT molecular complexity index is 536. The lowest BCUT2D eigenvalue weighted by atomic mass is 10.0. The van der Waals surface area contributed by atoms with Crippen LogP contribution in [0.3, 0.4) is 0 Å². The summed E-state index contributed by atoms with van der Waals surface area (Å²) in [5.74, 6) is 0.698. The van der Waals surface area contributed by atoms with Gasteiger partial charge in [0.1, 0.15) is 0 Å². The fraction of sp³-hybridized carbons (Fsp3) is 0.444. The average Bonchev–Trinajstić information content (AvgIpc) is 2.46. The Morgan fingerprint density at radius 3 is 2.50 bits per heavy atom. The maximum absolute atomic E-state index is 5.80. The molecule has 2 nitrogen and oxygen atoms in total. The predicted octanol–water partition coefficient (Wildman–Crippen LogP) is 4.16. The Kier molecular flexibility index (Phi) is 5.57. The zero-order valence-corrected chi connectivity index (χ0v) is 12.7. The van der Waals surface area contributed by atoms with Crippen LogP contribution in [0.4, 0.5) is 0 Å². The van der Waals surface area contributed by atoms with Gasteiger partial charge in [-0.25, -0.2) is 0 Å². The molecule has 0 heterocycles. The van der Waals surface area contributed by atoms with Gasteiger partial charge in [-0.05, 0) is 41.8 Å². The van der Waals surface area contributed by atoms with E-state index in [0.29, 0.717) is 5.92 Å². The highest BCUT2D eigenvalue weighted by Gasteiger charge is 2.10. The van der Waals surface area contributed by atoms with Crippen molar-refractivity contribution < 1.29 is 4.74 Å². The van der Waals surface area contributed by atoms with E-state index in [4.69, 9.17) is 4.74 Å². The predicted molar refractivity (Wildman–Crippen MR) is 86.0 cm³/mol. The van der Waals surface area contributed by atoms with Crippen molar-refractivity contribution in [2.75, 3.05) is 20.3 Å². The van der Waals surface area contributed by atoms with E-state index in [1.165, 1.54) is 16.3 Å². The lowest BCUT2D eigenvalue weighted by Crippen LogP contribution is -2.22. The van der Waals surface area contributed by atoms with Gasteiger partial charge in [-0.15, -0.1) is 0 Å². The summed E-state index contributed by atoms with van der Waals surface area (Å²) < 4.78 is 5.80. The molecule has 0 aromatic heterocycles. The van der Waals surface area contributed by atoms with Gasteiger partial charge in [0.2, 0.25) is 0 Å². The number of rotatable bonds is 7. The van der Waals surface area contributed by atoms with E-state index in [2.05, 4.69) is 61.6 Å². The molecule has 1 atom stereocenters. The van der Waals surface area contributed by atoms with Gasteiger partial charge in [-0.1, -0.05) is 50.2 Å². The third kappa shape index (κ3) is 4.06. The fourth-order valence-electron chi connectivity index (χ4n) is 2.29. The SMILES string of the molecule is CNC(COCCC(C)C)c1ccc2ccccc2c1. The quantitative estimate of drug-likeness (QED) is 0.763. The van der Waals surface area contributed by atoms with Crippen LogP contribution in [0.5, 0.6) is 0 Å². The average molecular weight is 271 g/mol. The Morgan fingerprint density at radius 1 is 1.05 bits per heavy atom. The highest BCUT2D eigenvalue weighted by atomic mass is 16.5. The van der Waals surface area contributed by atoms with Crippen molar-refractivity contribution in [1.82, 2.24) is 5.32 Å². The minimum atomic E-state index is 0.256. The maximum atomic E-state index is 5.80. The summed E-state index contributed by atoms with van der Waals surface area (Å²) >= 11 is 0. The van der Waals surface area contributed by atoms with Gasteiger partial charge in [-0.2, -0.15) is 0 Å². The normalized spacial score (nSPS) is 13.0. The summed E-state index contributed by atoms with van der Waals surface area (Å²) in [5, 5.41) is 5.91. The van der Waals surface area contributed by atoms with Gasteiger partial charge in [-0.3, -0.25) is 0 Å². The molecule has 20 heavy (non-hydrogen) atoms. The summed E-state index contributed by atoms with van der Waals surface area (Å²) in [5.41, 5.74) is 1.29. The largest absolute Gasteiger partial charge is 0.379 e. The third-order valence-electron chi connectivity index (χ3n) is 3.65. The van der Waals surface area contributed by atoms with Gasteiger partial charge in [0.15, 0.2) is 0 Å². The Hall–Kier alpha value is -1.38. The van der Waals surface area contributed by atoms with E-state index >= 15 is 0 Å². The van der Waals surface area contributed by atoms with Crippen molar-refractivity contribution in [3.8, 4) is 0 Å². The summed E-state index contributed by atoms with van der Waals surface area (Å²) in [4.78, 5) is 0. The van der Waals surface area contributed by atoms with E-state index in [-0.39, 0.29) is 6.04 Å². The Balaban J connectivity index is 2.01. The van der Waals surface area contributed by atoms with Crippen LogP contribution in [0.15, 0.2) is 42.5 Å². The summed E-state index contributed by atoms with van der Waals surface area (Å²) in [6, 6.07) is 15.3. The minimum absolute atomic E-state index is 0.256. The first kappa shape index (κ1) is 15.0. The van der Waals surface area contributed by atoms with Crippen LogP contribution in [0.2, 0.25) is 0 Å². The zero-order valence-electron chi connectivity index (χ0n) is 12.7. The molecule has 0 saturated heterocycles. The molecule has 0 aliphatic carbocycles. The number of benzene rings is 2. The highest BCUT2D eigenvalue weighted by molar-refractivity contribution is 5.83. The van der Waals surface area contributed by atoms with Gasteiger partial charge < -0.3 is 10.1 Å². The number of fused-ring (bicyclic) bond motifs is 1. The van der Waals surface area contributed by atoms with Crippen molar-refractivity contribution in [3.05, 3.63) is 48.0 Å². The molecular weight excluding hydrogens is 246 g/mol. The lowest BCUT2D eigenvalue weighted by molar-refractivity contribution is 0.104. The van der Waals surface area contributed by atoms with E-state index in [1.54, 1.807) is 0 Å². The lowest BCUT2D eigenvalue weighted by Gasteiger charge is -2.18. The molecule has 0 spiro atoms. The number of hydrogen-bond acceptors (Lipinski definition) is 2. The smallest absolute Gasteiger partial charge is 0.0661 e. The molecule has 0 radical (unpaired) electrons. The molecule has 0 aliphatic rings. The van der Waals surface area contributed by atoms with E-state index in [0.717, 1.165) is 19.6 Å². The van der Waals surface area contributed by atoms with Crippen molar-refractivity contribution in [2.24, 2.45) is 5.92 Å². The molecule has 0 aliphatic heterocycles. The molecule has 0 amide bonds. The van der Waals surface area contributed by atoms with Crippen LogP contribution in [0, 0.1) is 5.92 Å². The van der Waals surface area contributed by atoms with Crippen LogP contribution < -0.4 is 5.32 Å². The van der Waals surface area contributed by atoms with Gasteiger partial charge in [0.05, 0.1) is 12.6 Å². The molecule has 2 aromatic carbocycles. The van der Waals surface area contributed by atoms with Crippen LogP contribution in [0.25, 0.3) is 10.8 Å². The van der Waals surface area contributed by atoms with Crippen LogP contribution >= 0.6 is 0 Å². The first-order chi connectivity index (χ1) is 9.70. The third-order valence-corrected chi connectivity index (χ3v) is 3.65. The molecule has 1 N–H and O–H groups in total. The topological polar surface area (TPSA) is 21.3 Å². The van der Waals surface area contributed by atoms with Crippen LogP contribution in [-0.4, -0.2) is 20.3 Å². The van der Waals surface area contributed by atoms with Gasteiger partial charge >= 0.3 is 0 Å². The molecule has 2 aromatic rings. The van der Waals surface area contributed by atoms with E-state index in [9.17, 15) is 0 Å². The minimum Gasteiger partial charge on any atom is -0.379 e. The molecule has 1 unspecified atom stereocenters. The van der Waals surface area contributed by atoms with Crippen LogP contribution in [0.1, 0.15) is 31.9 Å². The second-order valence-corrected chi connectivity index (χ2v) is 5.71. The maximum Gasteiger partial charge on any atom is 0.0661 e. The van der Waals surface area contributed by atoms with Gasteiger partial charge in [0, 0.05) is 6.61 Å². The van der Waals surface area contributed by atoms with Crippen molar-refractivity contribution in [2.45, 2.75) is 26.3 Å². The molecule has 2 heteroatoms. The Labute approximate surface area is 122 Å². The molecule has 0 bridgehead atoms. The number of ether oxygens (including phenoxy) is 1. The van der Waals surface area contributed by atoms with Crippen molar-refractivity contribution in [3.63, 3.8) is 0 Å². The Morgan fingerprint density at radius 2 is 1.80 bits per heavy atom. The highest BCUT2D eigenvalue weighted by Crippen LogP contribution is 2.20. The van der Waals surface area contributed by atoms with Crippen molar-refractivity contribution >= 4 is 10.8 Å². The fourth-order valence-corrected chi connectivity index (χ4v) is 2.29. The second kappa shape index (κ2) is 7.41. The monoisotopic (exact) mass is 271 g/mol. The second-order valence-electron chi connectivity index (χ2n) is 5.71. The zero-order chi connectivity index (χ0) is 14.4. The first-order valence-corrected chi connectivity index (χ1v) is 7.44. The first-order valence-electron chi connectivity index (χ1n) is 7.44. The van der Waals surface area contributed by atoms with E-state index < -0.39 is 0 Å². The summed E-state index contributed by atoms with van der Waals surface area (Å²) in [6.45, 7) is 6.01. The molecule has 2 rings (SSSR count). The molecule has 108 valence electrons. The molecule has 0 fully saturated rings. The number of hydrogen-bond donors (Lipinski definition) is 1. The summed E-state index contributed by atoms with van der Waals surface area (Å²) in [6.07, 6.45) is 1.12. The van der Waals surface area contributed by atoms with E-state index in [1.807, 2.05) is 7.05 Å². The molecular formula is C18H25NO. The van der Waals surface area contributed by atoms with Gasteiger partial charge in [0.25, 0.3) is 0 Å². The number of nitrogens with one attached hydrogen (secondary N) is 1. The van der Waals surface area contributed by atoms with Crippen LogP contribution in [-0.2, 0) is 4.74 Å².